The molecule has 0 aromatic heterocycles. The van der Waals surface area contributed by atoms with Crippen molar-refractivity contribution in [1.29, 1.82) is 0 Å². The van der Waals surface area contributed by atoms with E-state index < -0.39 is 5.69 Å². The van der Waals surface area contributed by atoms with Crippen LogP contribution in [0.25, 0.3) is 0 Å². The second-order valence-electron chi connectivity index (χ2n) is 5.92. The van der Waals surface area contributed by atoms with Gasteiger partial charge in [0.25, 0.3) is 0 Å². The van der Waals surface area contributed by atoms with Crippen LogP contribution in [0.1, 0.15) is 79.1 Å². The second kappa shape index (κ2) is 14.5. The summed E-state index contributed by atoms with van der Waals surface area (Å²) in [4.78, 5) is 0. The third-order valence-corrected chi connectivity index (χ3v) is 8.80. The highest BCUT2D eigenvalue weighted by Gasteiger charge is 2.20. The topological polar surface area (TPSA) is 18.5 Å². The van der Waals surface area contributed by atoms with Gasteiger partial charge in [-0.1, -0.05) is 77.6 Å². The van der Waals surface area contributed by atoms with Gasteiger partial charge in [0.05, 0.1) is 13.2 Å². The summed E-state index contributed by atoms with van der Waals surface area (Å²) in [6, 6.07) is 0. The molecule has 0 rings (SSSR count). The third-order valence-electron chi connectivity index (χ3n) is 3.06. The van der Waals surface area contributed by atoms with Crippen LogP contribution < -0.4 is 0 Å². The minimum absolute atomic E-state index is 0.629. The van der Waals surface area contributed by atoms with Crippen molar-refractivity contribution in [2.75, 3.05) is 19.0 Å². The molecule has 0 radical (unpaired) electrons. The fourth-order valence-electron chi connectivity index (χ4n) is 1.76. The van der Waals surface area contributed by atoms with E-state index in [1.165, 1.54) is 38.5 Å². The number of hydrogen-bond acceptors (Lipinski definition) is 4. The maximum absolute atomic E-state index is 6.00. The summed E-state index contributed by atoms with van der Waals surface area (Å²) in [5.41, 5.74) is -2.12. The molecular formula is C16H35O2PS2. The largest absolute Gasteiger partial charge is 0.322 e. The monoisotopic (exact) mass is 354 g/mol. The van der Waals surface area contributed by atoms with Gasteiger partial charge in [-0.05, 0) is 30.6 Å². The van der Waals surface area contributed by atoms with Crippen molar-refractivity contribution in [3.05, 3.63) is 0 Å². The average Bonchev–Trinajstić information content (AvgIpc) is 2.45. The molecule has 21 heavy (non-hydrogen) atoms. The molecule has 0 saturated carbocycles. The van der Waals surface area contributed by atoms with Gasteiger partial charge in [0.15, 0.2) is 0 Å². The van der Waals surface area contributed by atoms with Crippen LogP contribution in [0, 0.1) is 5.92 Å². The lowest BCUT2D eigenvalue weighted by Crippen LogP contribution is -2.00. The van der Waals surface area contributed by atoms with E-state index in [4.69, 9.17) is 20.9 Å². The summed E-state index contributed by atoms with van der Waals surface area (Å²) in [6.45, 7) is 10.4. The van der Waals surface area contributed by atoms with Crippen LogP contribution >= 0.6 is 17.1 Å². The van der Waals surface area contributed by atoms with Crippen LogP contribution in [0.5, 0.6) is 0 Å². The molecule has 0 aliphatic heterocycles. The van der Waals surface area contributed by atoms with E-state index >= 15 is 0 Å². The highest BCUT2D eigenvalue weighted by atomic mass is 32.9. The van der Waals surface area contributed by atoms with E-state index in [0.717, 1.165) is 31.8 Å². The smallest absolute Gasteiger partial charge is 0.247 e. The fourth-order valence-corrected chi connectivity index (χ4v) is 6.50. The quantitative estimate of drug-likeness (QED) is 0.238. The summed E-state index contributed by atoms with van der Waals surface area (Å²) in [5.74, 6) is 1.66. The lowest BCUT2D eigenvalue weighted by molar-refractivity contribution is 0.250. The second-order valence-corrected chi connectivity index (χ2v) is 12.3. The van der Waals surface area contributed by atoms with Gasteiger partial charge in [-0.2, -0.15) is 0 Å². The van der Waals surface area contributed by atoms with E-state index in [-0.39, 0.29) is 0 Å². The first-order valence-corrected chi connectivity index (χ1v) is 12.8. The Morgan fingerprint density at radius 3 is 1.71 bits per heavy atom. The number of hydrogen-bond donors (Lipinski definition) is 0. The van der Waals surface area contributed by atoms with Gasteiger partial charge in [-0.3, -0.25) is 0 Å². The van der Waals surface area contributed by atoms with Gasteiger partial charge in [0.1, 0.15) is 0 Å². The average molecular weight is 355 g/mol. The van der Waals surface area contributed by atoms with Crippen LogP contribution in [-0.4, -0.2) is 19.0 Å². The lowest BCUT2D eigenvalue weighted by Gasteiger charge is -2.22. The van der Waals surface area contributed by atoms with Crippen LogP contribution in [0.4, 0.5) is 0 Å². The molecule has 0 bridgehead atoms. The van der Waals surface area contributed by atoms with E-state index in [9.17, 15) is 0 Å². The Morgan fingerprint density at radius 1 is 0.857 bits per heavy atom. The van der Waals surface area contributed by atoms with Gasteiger partial charge in [-0.15, -0.1) is 0 Å². The molecular weight excluding hydrogens is 319 g/mol. The molecule has 128 valence electrons. The highest BCUT2D eigenvalue weighted by molar-refractivity contribution is 8.67. The molecule has 0 saturated heterocycles. The Labute approximate surface area is 142 Å². The molecule has 0 spiro atoms. The first kappa shape index (κ1) is 21.9. The third kappa shape index (κ3) is 14.3. The molecule has 0 aromatic carbocycles. The van der Waals surface area contributed by atoms with Gasteiger partial charge >= 0.3 is 0 Å². The molecule has 5 heteroatoms. The summed E-state index contributed by atoms with van der Waals surface area (Å²) in [7, 11) is 0. The molecule has 2 nitrogen and oxygen atoms in total. The molecule has 0 atom stereocenters. The molecule has 0 aliphatic rings. The lowest BCUT2D eigenvalue weighted by atomic mass is 10.2. The normalized spacial score (nSPS) is 12.2. The van der Waals surface area contributed by atoms with Crippen molar-refractivity contribution < 1.29 is 9.05 Å². The molecule has 0 fully saturated rings. The Morgan fingerprint density at radius 2 is 1.33 bits per heavy atom. The Balaban J connectivity index is 4.04. The predicted octanol–water partition coefficient (Wildman–Crippen LogP) is 6.79. The Hall–Kier alpha value is 0.920. The Kier molecular flexibility index (Phi) is 15.1. The van der Waals surface area contributed by atoms with E-state index in [1.54, 1.807) is 11.4 Å². The van der Waals surface area contributed by atoms with Crippen LogP contribution in [0.15, 0.2) is 0 Å². The first-order valence-electron chi connectivity index (χ1n) is 8.57. The van der Waals surface area contributed by atoms with Crippen molar-refractivity contribution in [2.24, 2.45) is 5.92 Å². The van der Waals surface area contributed by atoms with E-state index in [2.05, 4.69) is 27.7 Å². The SMILES string of the molecule is CCCCCCOP(=S)(OCCCCCC)SCC(C)C. The minimum Gasteiger partial charge on any atom is -0.322 e. The Bertz CT molecular complexity index is 255. The molecule has 0 amide bonds. The molecule has 0 N–H and O–H groups in total. The van der Waals surface area contributed by atoms with Gasteiger partial charge in [0, 0.05) is 5.75 Å². The minimum atomic E-state index is -2.12. The van der Waals surface area contributed by atoms with Crippen molar-refractivity contribution in [2.45, 2.75) is 79.1 Å². The molecule has 0 unspecified atom stereocenters. The summed E-state index contributed by atoms with van der Waals surface area (Å²) >= 11 is 7.45. The summed E-state index contributed by atoms with van der Waals surface area (Å²) in [6.07, 6.45) is 9.75. The zero-order valence-corrected chi connectivity index (χ0v) is 17.0. The molecule has 0 aromatic rings. The maximum atomic E-state index is 6.00. The first-order chi connectivity index (χ1) is 10.0. The van der Waals surface area contributed by atoms with Gasteiger partial charge < -0.3 is 9.05 Å². The summed E-state index contributed by atoms with van der Waals surface area (Å²) < 4.78 is 12.0. The zero-order chi connectivity index (χ0) is 16.0. The van der Waals surface area contributed by atoms with Crippen molar-refractivity contribution in [3.63, 3.8) is 0 Å². The van der Waals surface area contributed by atoms with Crippen molar-refractivity contribution >= 4 is 28.9 Å². The van der Waals surface area contributed by atoms with Crippen LogP contribution in [0.3, 0.4) is 0 Å². The van der Waals surface area contributed by atoms with Crippen molar-refractivity contribution in [3.8, 4) is 0 Å². The fraction of sp³-hybridized carbons (Fsp3) is 1.00. The van der Waals surface area contributed by atoms with E-state index in [0.29, 0.717) is 5.92 Å². The van der Waals surface area contributed by atoms with Gasteiger partial charge in [0.2, 0.25) is 5.69 Å². The molecule has 0 heterocycles. The van der Waals surface area contributed by atoms with Crippen LogP contribution in [-0.2, 0) is 20.9 Å². The van der Waals surface area contributed by atoms with Gasteiger partial charge in [-0.25, -0.2) is 0 Å². The number of unbranched alkanes of at least 4 members (excludes halogenated alkanes) is 6. The highest BCUT2D eigenvalue weighted by Crippen LogP contribution is 2.61. The maximum Gasteiger partial charge on any atom is 0.247 e. The van der Waals surface area contributed by atoms with Crippen LogP contribution in [0.2, 0.25) is 0 Å². The zero-order valence-electron chi connectivity index (χ0n) is 14.4. The van der Waals surface area contributed by atoms with E-state index in [1.807, 2.05) is 0 Å². The standard InChI is InChI=1S/C16H35O2PS2/c1-5-7-9-11-13-17-19(20,21-15-16(3)4)18-14-12-10-8-6-2/h16H,5-15H2,1-4H3. The molecule has 0 aliphatic carbocycles. The predicted molar refractivity (Wildman–Crippen MR) is 102 cm³/mol. The van der Waals surface area contributed by atoms with Crippen molar-refractivity contribution in [1.82, 2.24) is 0 Å². The number of rotatable bonds is 15. The summed E-state index contributed by atoms with van der Waals surface area (Å²) in [5, 5.41) is 0.